The van der Waals surface area contributed by atoms with E-state index in [-0.39, 0.29) is 13.0 Å². The smallest absolute Gasteiger partial charge is 0.463 e. The van der Waals surface area contributed by atoms with Crippen LogP contribution in [0.1, 0.15) is 32.6 Å². The third-order valence-corrected chi connectivity index (χ3v) is 2.23. The lowest BCUT2D eigenvalue weighted by molar-refractivity contribution is -0.138. The third-order valence-electron chi connectivity index (χ3n) is 1.79. The molecule has 0 aromatic rings. The van der Waals surface area contributed by atoms with Crippen LogP contribution in [0.3, 0.4) is 0 Å². The maximum atomic E-state index is 10.9. The Labute approximate surface area is 105 Å². The molecule has 0 saturated carbocycles. The van der Waals surface area contributed by atoms with Crippen LogP contribution in [0.15, 0.2) is 12.2 Å². The number of phosphoric ester groups is 1. The Bertz CT molecular complexity index is 344. The predicted molar refractivity (Wildman–Crippen MR) is 62.4 cm³/mol. The van der Waals surface area contributed by atoms with Crippen LogP contribution in [0, 0.1) is 0 Å². The fourth-order valence-electron chi connectivity index (χ4n) is 1.08. The summed E-state index contributed by atoms with van der Waals surface area (Å²) < 4.78 is 19.0. The van der Waals surface area contributed by atoms with Crippen molar-refractivity contribution in [1.29, 1.82) is 0 Å². The molecule has 0 saturated heterocycles. The first kappa shape index (κ1) is 16.8. The number of rotatable bonds is 8. The summed E-state index contributed by atoms with van der Waals surface area (Å²) >= 11 is 0. The lowest BCUT2D eigenvalue weighted by atomic mass is 10.2. The van der Waals surface area contributed by atoms with Crippen LogP contribution in [-0.4, -0.2) is 28.3 Å². The minimum Gasteiger partial charge on any atom is -0.463 e. The summed E-state index contributed by atoms with van der Waals surface area (Å²) in [4.78, 5) is 38.4. The molecule has 18 heavy (non-hydrogen) atoms. The summed E-state index contributed by atoms with van der Waals surface area (Å²) in [5.74, 6) is -1.35. The van der Waals surface area contributed by atoms with Gasteiger partial charge < -0.3 is 9.26 Å². The number of allylic oxidation sites excluding steroid dienone is 1. The fourth-order valence-corrected chi connectivity index (χ4v) is 1.44. The quantitative estimate of drug-likeness (QED) is 0.298. The Morgan fingerprint density at radius 1 is 1.22 bits per heavy atom. The van der Waals surface area contributed by atoms with Crippen molar-refractivity contribution in [2.24, 2.45) is 0 Å². The van der Waals surface area contributed by atoms with Gasteiger partial charge in [0.2, 0.25) is 0 Å². The van der Waals surface area contributed by atoms with Gasteiger partial charge in [0.15, 0.2) is 0 Å². The van der Waals surface area contributed by atoms with Crippen LogP contribution in [0.5, 0.6) is 0 Å². The third kappa shape index (κ3) is 11.3. The molecule has 0 aliphatic heterocycles. The number of carbonyl (C=O) groups is 2. The molecule has 0 radical (unpaired) electrons. The summed E-state index contributed by atoms with van der Waals surface area (Å²) in [5, 5.41) is 0. The molecule has 8 heteroatoms. The Morgan fingerprint density at radius 2 is 1.89 bits per heavy atom. The average molecular weight is 280 g/mol. The second-order valence-corrected chi connectivity index (χ2v) is 4.60. The van der Waals surface area contributed by atoms with Gasteiger partial charge >= 0.3 is 19.8 Å². The molecule has 0 fully saturated rings. The first-order valence-electron chi connectivity index (χ1n) is 5.42. The molecular formula is C10H17O7P. The van der Waals surface area contributed by atoms with Crippen LogP contribution in [0.2, 0.25) is 0 Å². The maximum absolute atomic E-state index is 10.9. The van der Waals surface area contributed by atoms with Crippen molar-refractivity contribution >= 4 is 19.8 Å². The van der Waals surface area contributed by atoms with Gasteiger partial charge in [0, 0.05) is 12.5 Å². The van der Waals surface area contributed by atoms with Crippen molar-refractivity contribution in [1.82, 2.24) is 0 Å². The highest BCUT2D eigenvalue weighted by atomic mass is 31.2. The van der Waals surface area contributed by atoms with Crippen LogP contribution in [0.4, 0.5) is 0 Å². The Balaban J connectivity index is 3.49. The van der Waals surface area contributed by atoms with E-state index in [0.29, 0.717) is 19.3 Å². The number of esters is 1. The van der Waals surface area contributed by atoms with Gasteiger partial charge in [0.1, 0.15) is 0 Å². The van der Waals surface area contributed by atoms with Gasteiger partial charge in [-0.2, -0.15) is 0 Å². The summed E-state index contributed by atoms with van der Waals surface area (Å²) in [6.07, 6.45) is 4.39. The number of ether oxygens (including phenoxy) is 1. The predicted octanol–water partition coefficient (Wildman–Crippen LogP) is 1.30. The first-order valence-corrected chi connectivity index (χ1v) is 6.95. The minimum absolute atomic E-state index is 0.0755. The highest BCUT2D eigenvalue weighted by Gasteiger charge is 2.19. The van der Waals surface area contributed by atoms with Gasteiger partial charge in [-0.05, 0) is 26.2 Å². The van der Waals surface area contributed by atoms with Crippen molar-refractivity contribution in [3.05, 3.63) is 12.2 Å². The van der Waals surface area contributed by atoms with Crippen LogP contribution < -0.4 is 0 Å². The molecule has 0 amide bonds. The van der Waals surface area contributed by atoms with E-state index in [2.05, 4.69) is 4.52 Å². The molecule has 0 aliphatic carbocycles. The average Bonchev–Trinajstić information content (AvgIpc) is 2.21. The van der Waals surface area contributed by atoms with Gasteiger partial charge in [-0.15, -0.1) is 0 Å². The van der Waals surface area contributed by atoms with Crippen LogP contribution >= 0.6 is 7.82 Å². The van der Waals surface area contributed by atoms with Gasteiger partial charge in [-0.25, -0.2) is 9.36 Å². The molecule has 0 unspecified atom stereocenters. The largest absolute Gasteiger partial charge is 0.526 e. The molecule has 0 spiro atoms. The van der Waals surface area contributed by atoms with Crippen molar-refractivity contribution in [3.63, 3.8) is 0 Å². The zero-order chi connectivity index (χ0) is 14.0. The van der Waals surface area contributed by atoms with E-state index in [0.717, 1.165) is 0 Å². The van der Waals surface area contributed by atoms with E-state index in [1.807, 2.05) is 0 Å². The molecular weight excluding hydrogens is 263 g/mol. The van der Waals surface area contributed by atoms with Gasteiger partial charge in [-0.3, -0.25) is 14.6 Å². The molecule has 0 aliphatic rings. The first-order chi connectivity index (χ1) is 8.35. The standard InChI is InChI=1S/C10H17O7P/c1-2-6-9(11)16-8-5-3-4-7-10(12)17-18(13,14)15/h2,6H,3-5,7-8H2,1H3,(H2,13,14,15). The summed E-state index contributed by atoms with van der Waals surface area (Å²) in [6.45, 7) is 1.95. The van der Waals surface area contributed by atoms with E-state index in [1.54, 1.807) is 13.0 Å². The molecule has 0 heterocycles. The van der Waals surface area contributed by atoms with Gasteiger partial charge in [-0.1, -0.05) is 6.08 Å². The molecule has 0 aromatic carbocycles. The van der Waals surface area contributed by atoms with E-state index >= 15 is 0 Å². The van der Waals surface area contributed by atoms with Crippen LogP contribution in [0.25, 0.3) is 0 Å². The summed E-state index contributed by atoms with van der Waals surface area (Å²) in [6, 6.07) is 0. The maximum Gasteiger partial charge on any atom is 0.526 e. The van der Waals surface area contributed by atoms with E-state index in [1.165, 1.54) is 6.08 Å². The molecule has 7 nitrogen and oxygen atoms in total. The second kappa shape index (κ2) is 8.85. The number of hydrogen-bond donors (Lipinski definition) is 2. The Morgan fingerprint density at radius 3 is 2.44 bits per heavy atom. The summed E-state index contributed by atoms with van der Waals surface area (Å²) in [7, 11) is -4.73. The number of carbonyl (C=O) groups excluding carboxylic acids is 2. The van der Waals surface area contributed by atoms with Crippen molar-refractivity contribution in [2.45, 2.75) is 32.6 Å². The monoisotopic (exact) mass is 280 g/mol. The number of hydrogen-bond acceptors (Lipinski definition) is 5. The number of unbranched alkanes of at least 4 members (excludes halogenated alkanes) is 2. The molecule has 104 valence electrons. The molecule has 0 atom stereocenters. The van der Waals surface area contributed by atoms with Crippen LogP contribution in [-0.2, 0) is 23.4 Å². The Kier molecular flexibility index (Phi) is 8.28. The van der Waals surface area contributed by atoms with E-state index in [4.69, 9.17) is 14.5 Å². The minimum atomic E-state index is -4.73. The number of phosphoric acid groups is 1. The molecule has 2 N–H and O–H groups in total. The Hall–Kier alpha value is -1.17. The highest BCUT2D eigenvalue weighted by molar-refractivity contribution is 7.46. The zero-order valence-corrected chi connectivity index (χ0v) is 11.0. The van der Waals surface area contributed by atoms with E-state index in [9.17, 15) is 14.2 Å². The molecule has 0 bridgehead atoms. The van der Waals surface area contributed by atoms with Crippen molar-refractivity contribution < 1.29 is 33.2 Å². The van der Waals surface area contributed by atoms with Crippen molar-refractivity contribution in [2.75, 3.05) is 6.61 Å². The topological polar surface area (TPSA) is 110 Å². The van der Waals surface area contributed by atoms with Gasteiger partial charge in [0.05, 0.1) is 6.61 Å². The fraction of sp³-hybridized carbons (Fsp3) is 0.600. The van der Waals surface area contributed by atoms with Crippen molar-refractivity contribution in [3.8, 4) is 0 Å². The molecule has 0 rings (SSSR count). The van der Waals surface area contributed by atoms with E-state index < -0.39 is 19.8 Å². The molecule has 0 aromatic heterocycles. The normalized spacial score (nSPS) is 11.5. The highest BCUT2D eigenvalue weighted by Crippen LogP contribution is 2.36. The van der Waals surface area contributed by atoms with Gasteiger partial charge in [0.25, 0.3) is 0 Å². The second-order valence-electron chi connectivity index (χ2n) is 3.43. The lowest BCUT2D eigenvalue weighted by Gasteiger charge is -2.05. The summed E-state index contributed by atoms with van der Waals surface area (Å²) in [5.41, 5.74) is 0. The lowest BCUT2D eigenvalue weighted by Crippen LogP contribution is -2.04. The SMILES string of the molecule is CC=CC(=O)OCCCCCC(=O)OP(=O)(O)O. The zero-order valence-electron chi connectivity index (χ0n) is 10.1.